The van der Waals surface area contributed by atoms with Crippen molar-refractivity contribution in [3.63, 3.8) is 0 Å². The standard InChI is InChI=1S/C14H16ClNO/c15-11-5-3-8(4-6-11)12-9-1-2-10(7-9)13(12)14(16)17/h3-6,9-10,12-13H,1-2,7H2,(H2,16,17)/t9-,10+,12+,13-/m0/s1. The Hall–Kier alpha value is -1.02. The molecule has 0 aliphatic heterocycles. The lowest BCUT2D eigenvalue weighted by Gasteiger charge is -2.29. The molecule has 2 fully saturated rings. The smallest absolute Gasteiger partial charge is 0.221 e. The number of amides is 1. The van der Waals surface area contributed by atoms with Crippen LogP contribution in [0.1, 0.15) is 30.7 Å². The van der Waals surface area contributed by atoms with Crippen LogP contribution in [0.3, 0.4) is 0 Å². The number of hydrogen-bond donors (Lipinski definition) is 1. The van der Waals surface area contributed by atoms with Gasteiger partial charge in [-0.3, -0.25) is 4.79 Å². The number of halogens is 1. The zero-order valence-corrected chi connectivity index (χ0v) is 10.4. The van der Waals surface area contributed by atoms with Gasteiger partial charge in [-0.25, -0.2) is 0 Å². The molecule has 0 heterocycles. The number of fused-ring (bicyclic) bond motifs is 2. The van der Waals surface area contributed by atoms with E-state index in [2.05, 4.69) is 0 Å². The van der Waals surface area contributed by atoms with Gasteiger partial charge in [0.25, 0.3) is 0 Å². The van der Waals surface area contributed by atoms with Crippen LogP contribution in [0, 0.1) is 17.8 Å². The molecule has 4 atom stereocenters. The summed E-state index contributed by atoms with van der Waals surface area (Å²) in [4.78, 5) is 11.6. The largest absolute Gasteiger partial charge is 0.369 e. The van der Waals surface area contributed by atoms with Crippen LogP contribution in [0.15, 0.2) is 24.3 Å². The highest BCUT2D eigenvalue weighted by Gasteiger charge is 2.50. The van der Waals surface area contributed by atoms with E-state index < -0.39 is 0 Å². The molecule has 0 unspecified atom stereocenters. The molecule has 2 aliphatic rings. The zero-order chi connectivity index (χ0) is 12.0. The van der Waals surface area contributed by atoms with Gasteiger partial charge in [0.15, 0.2) is 0 Å². The highest BCUT2D eigenvalue weighted by molar-refractivity contribution is 6.30. The lowest BCUT2D eigenvalue weighted by atomic mass is 9.75. The van der Waals surface area contributed by atoms with E-state index in [0.717, 1.165) is 5.02 Å². The van der Waals surface area contributed by atoms with Crippen LogP contribution in [-0.4, -0.2) is 5.91 Å². The first-order valence-corrected chi connectivity index (χ1v) is 6.59. The van der Waals surface area contributed by atoms with Crippen molar-refractivity contribution in [3.8, 4) is 0 Å². The minimum atomic E-state index is -0.128. The van der Waals surface area contributed by atoms with Gasteiger partial charge >= 0.3 is 0 Å². The van der Waals surface area contributed by atoms with Crippen molar-refractivity contribution in [3.05, 3.63) is 34.9 Å². The van der Waals surface area contributed by atoms with Gasteiger partial charge in [-0.15, -0.1) is 0 Å². The third-order valence-corrected chi connectivity index (χ3v) is 4.75. The molecule has 1 aromatic carbocycles. The van der Waals surface area contributed by atoms with Crippen LogP contribution < -0.4 is 5.73 Å². The number of carbonyl (C=O) groups is 1. The molecule has 2 bridgehead atoms. The number of hydrogen-bond acceptors (Lipinski definition) is 1. The normalized spacial score (nSPS) is 35.1. The Labute approximate surface area is 106 Å². The van der Waals surface area contributed by atoms with Crippen LogP contribution in [0.5, 0.6) is 0 Å². The molecular formula is C14H16ClNO. The monoisotopic (exact) mass is 249 g/mol. The van der Waals surface area contributed by atoms with Crippen LogP contribution >= 0.6 is 11.6 Å². The summed E-state index contributed by atoms with van der Waals surface area (Å²) in [6, 6.07) is 7.90. The number of benzene rings is 1. The Morgan fingerprint density at radius 3 is 2.47 bits per heavy atom. The van der Waals surface area contributed by atoms with Crippen LogP contribution in [0.4, 0.5) is 0 Å². The lowest BCUT2D eigenvalue weighted by molar-refractivity contribution is -0.123. The SMILES string of the molecule is NC(=O)[C@H]1[C@@H]2CC[C@@H](C2)[C@H]1c1ccc(Cl)cc1. The summed E-state index contributed by atoms with van der Waals surface area (Å²) in [6.07, 6.45) is 3.57. The Bertz CT molecular complexity index is 442. The highest BCUT2D eigenvalue weighted by atomic mass is 35.5. The van der Waals surface area contributed by atoms with Crippen molar-refractivity contribution in [1.29, 1.82) is 0 Å². The molecule has 0 aromatic heterocycles. The van der Waals surface area contributed by atoms with E-state index in [1.165, 1.54) is 24.8 Å². The molecule has 3 heteroatoms. The summed E-state index contributed by atoms with van der Waals surface area (Å²) in [6.45, 7) is 0. The van der Waals surface area contributed by atoms with E-state index in [9.17, 15) is 4.79 Å². The van der Waals surface area contributed by atoms with E-state index in [0.29, 0.717) is 17.8 Å². The van der Waals surface area contributed by atoms with Gasteiger partial charge in [0.2, 0.25) is 5.91 Å². The predicted octanol–water partition coefficient (Wildman–Crippen LogP) is 2.96. The maximum atomic E-state index is 11.6. The summed E-state index contributed by atoms with van der Waals surface area (Å²) in [5.41, 5.74) is 6.80. The first-order valence-electron chi connectivity index (χ1n) is 6.21. The van der Waals surface area contributed by atoms with Gasteiger partial charge in [-0.2, -0.15) is 0 Å². The molecule has 90 valence electrons. The van der Waals surface area contributed by atoms with E-state index >= 15 is 0 Å². The second-order valence-electron chi connectivity index (χ2n) is 5.34. The molecular weight excluding hydrogens is 234 g/mol. The first-order chi connectivity index (χ1) is 8.16. The van der Waals surface area contributed by atoms with Crippen molar-refractivity contribution in [2.45, 2.75) is 25.2 Å². The van der Waals surface area contributed by atoms with Crippen LogP contribution in [0.2, 0.25) is 5.02 Å². The van der Waals surface area contributed by atoms with Crippen molar-refractivity contribution < 1.29 is 4.79 Å². The number of primary amides is 1. The average molecular weight is 250 g/mol. The quantitative estimate of drug-likeness (QED) is 0.860. The minimum absolute atomic E-state index is 0.0370. The molecule has 0 radical (unpaired) electrons. The second-order valence-corrected chi connectivity index (χ2v) is 5.78. The van der Waals surface area contributed by atoms with E-state index in [1.807, 2.05) is 24.3 Å². The molecule has 1 amide bonds. The van der Waals surface area contributed by atoms with Gasteiger partial charge in [0.05, 0.1) is 0 Å². The second kappa shape index (κ2) is 4.02. The summed E-state index contributed by atoms with van der Waals surface area (Å²) in [7, 11) is 0. The molecule has 2 nitrogen and oxygen atoms in total. The van der Waals surface area contributed by atoms with Gasteiger partial charge in [0.1, 0.15) is 0 Å². The van der Waals surface area contributed by atoms with E-state index in [4.69, 9.17) is 17.3 Å². The molecule has 17 heavy (non-hydrogen) atoms. The Morgan fingerprint density at radius 2 is 1.82 bits per heavy atom. The zero-order valence-electron chi connectivity index (χ0n) is 9.60. The van der Waals surface area contributed by atoms with Crippen molar-refractivity contribution in [1.82, 2.24) is 0 Å². The third kappa shape index (κ3) is 1.75. The molecule has 0 spiro atoms. The predicted molar refractivity (Wildman–Crippen MR) is 67.7 cm³/mol. The van der Waals surface area contributed by atoms with Gasteiger partial charge in [-0.1, -0.05) is 23.7 Å². The fourth-order valence-electron chi connectivity index (χ4n) is 3.87. The Kier molecular flexibility index (Phi) is 2.62. The summed E-state index contributed by atoms with van der Waals surface area (Å²) < 4.78 is 0. The first kappa shape index (κ1) is 11.1. The molecule has 2 aliphatic carbocycles. The molecule has 0 saturated heterocycles. The van der Waals surface area contributed by atoms with Crippen molar-refractivity contribution in [2.75, 3.05) is 0 Å². The van der Waals surface area contributed by atoms with Crippen molar-refractivity contribution >= 4 is 17.5 Å². The molecule has 2 saturated carbocycles. The fraction of sp³-hybridized carbons (Fsp3) is 0.500. The summed E-state index contributed by atoms with van der Waals surface area (Å²) in [5.74, 6) is 1.38. The maximum Gasteiger partial charge on any atom is 0.221 e. The number of carbonyl (C=O) groups excluding carboxylic acids is 1. The fourth-order valence-corrected chi connectivity index (χ4v) is 3.99. The molecule has 2 N–H and O–H groups in total. The minimum Gasteiger partial charge on any atom is -0.369 e. The highest BCUT2D eigenvalue weighted by Crippen LogP contribution is 2.56. The summed E-state index contributed by atoms with van der Waals surface area (Å²) in [5, 5.41) is 0.743. The third-order valence-electron chi connectivity index (χ3n) is 4.50. The van der Waals surface area contributed by atoms with Crippen LogP contribution in [0.25, 0.3) is 0 Å². The van der Waals surface area contributed by atoms with E-state index in [-0.39, 0.29) is 11.8 Å². The van der Waals surface area contributed by atoms with Gasteiger partial charge in [0, 0.05) is 10.9 Å². The maximum absolute atomic E-state index is 11.6. The van der Waals surface area contributed by atoms with Crippen molar-refractivity contribution in [2.24, 2.45) is 23.5 Å². The van der Waals surface area contributed by atoms with E-state index in [1.54, 1.807) is 0 Å². The van der Waals surface area contributed by atoms with Crippen LogP contribution in [-0.2, 0) is 4.79 Å². The van der Waals surface area contributed by atoms with Gasteiger partial charge < -0.3 is 5.73 Å². The molecule has 3 rings (SSSR count). The average Bonchev–Trinajstić information content (AvgIpc) is 2.89. The number of rotatable bonds is 2. The topological polar surface area (TPSA) is 43.1 Å². The lowest BCUT2D eigenvalue weighted by Crippen LogP contribution is -2.33. The Morgan fingerprint density at radius 1 is 1.18 bits per heavy atom. The summed E-state index contributed by atoms with van der Waals surface area (Å²) >= 11 is 5.90. The number of nitrogens with two attached hydrogens (primary N) is 1. The Balaban J connectivity index is 1.95. The molecule has 1 aromatic rings. The van der Waals surface area contributed by atoms with Gasteiger partial charge in [-0.05, 0) is 54.7 Å².